The normalized spacial score (nSPS) is 11.5. The summed E-state index contributed by atoms with van der Waals surface area (Å²) in [6, 6.07) is 4.20. The third-order valence-corrected chi connectivity index (χ3v) is 5.12. The van der Waals surface area contributed by atoms with Crippen LogP contribution in [0.25, 0.3) is 6.08 Å². The van der Waals surface area contributed by atoms with Gasteiger partial charge in [-0.2, -0.15) is 0 Å². The van der Waals surface area contributed by atoms with Gasteiger partial charge in [0, 0.05) is 17.5 Å². The number of aromatic nitrogens is 1. The number of rotatable bonds is 6. The maximum atomic E-state index is 12.3. The van der Waals surface area contributed by atoms with Gasteiger partial charge < -0.3 is 9.47 Å². The van der Waals surface area contributed by atoms with Gasteiger partial charge in [0.25, 0.3) is 15.9 Å². The number of amides is 1. The van der Waals surface area contributed by atoms with E-state index < -0.39 is 15.9 Å². The second kappa shape index (κ2) is 7.45. The molecule has 0 unspecified atom stereocenters. The van der Waals surface area contributed by atoms with Gasteiger partial charge in [-0.1, -0.05) is 0 Å². The maximum Gasteiger partial charge on any atom is 0.267 e. The van der Waals surface area contributed by atoms with Crippen molar-refractivity contribution in [2.24, 2.45) is 0 Å². The summed E-state index contributed by atoms with van der Waals surface area (Å²) in [5.74, 6) is -0.261. The van der Waals surface area contributed by atoms with Crippen LogP contribution in [0.5, 0.6) is 11.5 Å². The number of nitrogens with one attached hydrogen (secondary N) is 1. The summed E-state index contributed by atoms with van der Waals surface area (Å²) in [4.78, 5) is 15.9. The largest absolute Gasteiger partial charge is 0.497 e. The van der Waals surface area contributed by atoms with E-state index >= 15 is 0 Å². The van der Waals surface area contributed by atoms with Gasteiger partial charge in [0.15, 0.2) is 0 Å². The van der Waals surface area contributed by atoms with Crippen LogP contribution in [0.1, 0.15) is 10.7 Å². The second-order valence-corrected chi connectivity index (χ2v) is 7.32. The molecule has 1 aromatic carbocycles. The van der Waals surface area contributed by atoms with Crippen molar-refractivity contribution < 1.29 is 22.7 Å². The standard InChI is InChI=1S/C15H16N2O5S2/c1-10-16-11(9-23-10)4-7-15(18)17-24(19,20)14-6-5-12(21-2)8-13(14)22-3/h4-9H,1-3H3,(H,17,18). The van der Waals surface area contributed by atoms with E-state index in [1.54, 1.807) is 5.38 Å². The predicted octanol–water partition coefficient (Wildman–Crippen LogP) is 1.99. The molecular weight excluding hydrogens is 352 g/mol. The molecule has 0 radical (unpaired) electrons. The van der Waals surface area contributed by atoms with Crippen LogP contribution in [-0.2, 0) is 14.8 Å². The van der Waals surface area contributed by atoms with Crippen molar-refractivity contribution in [2.45, 2.75) is 11.8 Å². The molecule has 1 amide bonds. The summed E-state index contributed by atoms with van der Waals surface area (Å²) in [6.07, 6.45) is 2.56. The van der Waals surface area contributed by atoms with Gasteiger partial charge in [0.2, 0.25) is 0 Å². The highest BCUT2D eigenvalue weighted by Crippen LogP contribution is 2.28. The number of methoxy groups -OCH3 is 2. The zero-order valence-electron chi connectivity index (χ0n) is 13.3. The number of sulfonamides is 1. The van der Waals surface area contributed by atoms with Gasteiger partial charge in [0.1, 0.15) is 16.4 Å². The molecule has 128 valence electrons. The molecule has 2 aromatic rings. The lowest BCUT2D eigenvalue weighted by atomic mass is 10.3. The third kappa shape index (κ3) is 4.33. The Balaban J connectivity index is 2.18. The molecule has 1 N–H and O–H groups in total. The highest BCUT2D eigenvalue weighted by Gasteiger charge is 2.21. The van der Waals surface area contributed by atoms with E-state index in [9.17, 15) is 13.2 Å². The molecule has 0 saturated heterocycles. The molecule has 0 atom stereocenters. The van der Waals surface area contributed by atoms with Crippen LogP contribution in [0, 0.1) is 6.92 Å². The fourth-order valence-electron chi connectivity index (χ4n) is 1.84. The molecular formula is C15H16N2O5S2. The SMILES string of the molecule is COc1ccc(S(=O)(=O)NC(=O)C=Cc2csc(C)n2)c(OC)c1. The average molecular weight is 368 g/mol. The smallest absolute Gasteiger partial charge is 0.267 e. The van der Waals surface area contributed by atoms with E-state index in [-0.39, 0.29) is 10.6 Å². The van der Waals surface area contributed by atoms with E-state index in [2.05, 4.69) is 4.98 Å². The Kier molecular flexibility index (Phi) is 5.58. The first-order valence-corrected chi connectivity index (χ1v) is 9.11. The fourth-order valence-corrected chi connectivity index (χ4v) is 3.51. The minimum Gasteiger partial charge on any atom is -0.497 e. The number of benzene rings is 1. The third-order valence-electron chi connectivity index (χ3n) is 2.94. The van der Waals surface area contributed by atoms with E-state index in [1.165, 1.54) is 49.8 Å². The second-order valence-electron chi connectivity index (χ2n) is 4.61. The molecule has 0 aliphatic heterocycles. The van der Waals surface area contributed by atoms with Crippen LogP contribution in [0.3, 0.4) is 0 Å². The lowest BCUT2D eigenvalue weighted by Crippen LogP contribution is -2.29. The molecule has 7 nitrogen and oxygen atoms in total. The molecule has 0 fully saturated rings. The summed E-state index contributed by atoms with van der Waals surface area (Å²) < 4.78 is 36.7. The Hall–Kier alpha value is -2.39. The molecule has 1 heterocycles. The molecule has 0 aliphatic rings. The number of hydrogen-bond acceptors (Lipinski definition) is 7. The molecule has 24 heavy (non-hydrogen) atoms. The molecule has 2 rings (SSSR count). The van der Waals surface area contributed by atoms with E-state index in [0.717, 1.165) is 11.1 Å². The Labute approximate surface area is 144 Å². The minimum atomic E-state index is -4.08. The molecule has 1 aromatic heterocycles. The number of aryl methyl sites for hydroxylation is 1. The lowest BCUT2D eigenvalue weighted by molar-refractivity contribution is -0.114. The van der Waals surface area contributed by atoms with Crippen molar-refractivity contribution in [3.63, 3.8) is 0 Å². The summed E-state index contributed by atoms with van der Waals surface area (Å²) in [5, 5.41) is 2.62. The first kappa shape index (κ1) is 18.0. The van der Waals surface area contributed by atoms with Gasteiger partial charge in [-0.25, -0.2) is 18.1 Å². The molecule has 9 heteroatoms. The number of hydrogen-bond donors (Lipinski definition) is 1. The minimum absolute atomic E-state index is 0.0776. The topological polar surface area (TPSA) is 94.6 Å². The van der Waals surface area contributed by atoms with Gasteiger partial charge in [-0.15, -0.1) is 11.3 Å². The highest BCUT2D eigenvalue weighted by molar-refractivity contribution is 7.90. The van der Waals surface area contributed by atoms with Crippen molar-refractivity contribution in [3.05, 3.63) is 40.4 Å². The number of carbonyl (C=O) groups excluding carboxylic acids is 1. The first-order valence-electron chi connectivity index (χ1n) is 6.74. The van der Waals surface area contributed by atoms with E-state index in [0.29, 0.717) is 11.4 Å². The zero-order valence-corrected chi connectivity index (χ0v) is 14.9. The number of carbonyl (C=O) groups is 1. The van der Waals surface area contributed by atoms with Crippen LogP contribution >= 0.6 is 11.3 Å². The fraction of sp³-hybridized carbons (Fsp3) is 0.200. The van der Waals surface area contributed by atoms with Gasteiger partial charge in [-0.05, 0) is 25.1 Å². The van der Waals surface area contributed by atoms with Crippen molar-refractivity contribution in [3.8, 4) is 11.5 Å². The van der Waals surface area contributed by atoms with E-state index in [1.807, 2.05) is 11.6 Å². The van der Waals surface area contributed by atoms with Crippen LogP contribution in [0.2, 0.25) is 0 Å². The zero-order chi connectivity index (χ0) is 17.7. The highest BCUT2D eigenvalue weighted by atomic mass is 32.2. The predicted molar refractivity (Wildman–Crippen MR) is 90.8 cm³/mol. The Morgan fingerprint density at radius 2 is 2.04 bits per heavy atom. The maximum absolute atomic E-state index is 12.3. The van der Waals surface area contributed by atoms with Crippen molar-refractivity contribution in [1.29, 1.82) is 0 Å². The van der Waals surface area contributed by atoms with Crippen LogP contribution in [0.15, 0.2) is 34.6 Å². The van der Waals surface area contributed by atoms with Gasteiger partial charge >= 0.3 is 0 Å². The molecule has 0 saturated carbocycles. The Morgan fingerprint density at radius 3 is 2.62 bits per heavy atom. The summed E-state index contributed by atoms with van der Waals surface area (Å²) >= 11 is 1.43. The average Bonchev–Trinajstić information content (AvgIpc) is 2.97. The van der Waals surface area contributed by atoms with Gasteiger partial charge in [-0.3, -0.25) is 4.79 Å². The van der Waals surface area contributed by atoms with Crippen molar-refractivity contribution in [1.82, 2.24) is 9.71 Å². The molecule has 0 bridgehead atoms. The number of ether oxygens (including phenoxy) is 2. The Bertz CT molecular complexity index is 872. The van der Waals surface area contributed by atoms with Crippen LogP contribution < -0.4 is 14.2 Å². The number of thiazole rings is 1. The molecule has 0 aliphatic carbocycles. The van der Waals surface area contributed by atoms with Gasteiger partial charge in [0.05, 0.1) is 24.9 Å². The van der Waals surface area contributed by atoms with Crippen molar-refractivity contribution in [2.75, 3.05) is 14.2 Å². The Morgan fingerprint density at radius 1 is 1.29 bits per heavy atom. The van der Waals surface area contributed by atoms with Crippen molar-refractivity contribution >= 4 is 33.3 Å². The van der Waals surface area contributed by atoms with Crippen LogP contribution in [-0.4, -0.2) is 33.5 Å². The van der Waals surface area contributed by atoms with E-state index in [4.69, 9.17) is 9.47 Å². The number of nitrogens with zero attached hydrogens (tertiary/aromatic N) is 1. The lowest BCUT2D eigenvalue weighted by Gasteiger charge is -2.11. The summed E-state index contributed by atoms with van der Waals surface area (Å²) in [6.45, 7) is 1.84. The quantitative estimate of drug-likeness (QED) is 0.784. The summed E-state index contributed by atoms with van der Waals surface area (Å²) in [5.41, 5.74) is 0.590. The monoisotopic (exact) mass is 368 g/mol. The molecule has 0 spiro atoms. The summed E-state index contributed by atoms with van der Waals surface area (Å²) in [7, 11) is -1.29. The van der Waals surface area contributed by atoms with Crippen LogP contribution in [0.4, 0.5) is 0 Å². The first-order chi connectivity index (χ1) is 11.4.